The molecular weight excluding hydrogens is 786 g/mol. The summed E-state index contributed by atoms with van der Waals surface area (Å²) in [6, 6.07) is 37.9. The molecule has 0 unspecified atom stereocenters. The predicted molar refractivity (Wildman–Crippen MR) is 194 cm³/mol. The minimum atomic E-state index is -0.277. The molecule has 4 nitrogen and oxygen atoms in total. The summed E-state index contributed by atoms with van der Waals surface area (Å²) in [5, 5.41) is 7.02. The molecule has 0 aliphatic carbocycles. The Hall–Kier alpha value is -4.77. The van der Waals surface area contributed by atoms with E-state index in [1.807, 2.05) is 30.5 Å². The first-order chi connectivity index (χ1) is 23.0. The number of nitrogens with zero attached hydrogens (tertiary/aromatic N) is 3. The third-order valence-corrected chi connectivity index (χ3v) is 8.62. The van der Waals surface area contributed by atoms with E-state index in [4.69, 9.17) is 9.40 Å². The van der Waals surface area contributed by atoms with Gasteiger partial charge in [-0.05, 0) is 62.5 Å². The van der Waals surface area contributed by atoms with E-state index in [0.29, 0.717) is 5.82 Å². The molecule has 0 fully saturated rings. The monoisotopic (exact) mass is 822 g/mol. The zero-order valence-electron chi connectivity index (χ0n) is 28.4. The summed E-state index contributed by atoms with van der Waals surface area (Å²) >= 11 is 0. The number of pyridine rings is 1. The Morgan fingerprint density at radius 1 is 0.673 bits per heavy atom. The molecule has 0 saturated heterocycles. The van der Waals surface area contributed by atoms with Gasteiger partial charge in [0.1, 0.15) is 5.58 Å². The van der Waals surface area contributed by atoms with Gasteiger partial charge in [-0.2, -0.15) is 0 Å². The van der Waals surface area contributed by atoms with Crippen molar-refractivity contribution in [2.75, 3.05) is 0 Å². The largest absolute Gasteiger partial charge is 0.501 e. The van der Waals surface area contributed by atoms with Crippen LogP contribution in [0.4, 0.5) is 4.39 Å². The van der Waals surface area contributed by atoms with Crippen LogP contribution in [0.5, 0.6) is 0 Å². The van der Waals surface area contributed by atoms with E-state index in [9.17, 15) is 4.39 Å². The fourth-order valence-corrected chi connectivity index (χ4v) is 5.91. The maximum absolute atomic E-state index is 12.8. The SMILES string of the molecule is CC(C)(C)c1ccnc(-c2[c-]cc(F)cc2)c1.CC(C)(C)c1ccnc(-c2[c-]ccc3c2oc2cc4c(ccc5ccccc54)cc23)n1.[Ir]. The second kappa shape index (κ2) is 13.3. The van der Waals surface area contributed by atoms with Gasteiger partial charge in [-0.3, -0.25) is 14.4 Å². The van der Waals surface area contributed by atoms with Gasteiger partial charge in [-0.1, -0.05) is 95.0 Å². The van der Waals surface area contributed by atoms with E-state index in [1.165, 1.54) is 39.2 Å². The Balaban J connectivity index is 0.000000198. The van der Waals surface area contributed by atoms with Crippen molar-refractivity contribution in [1.82, 2.24) is 15.0 Å². The number of furan rings is 1. The smallest absolute Gasteiger partial charge is 0.121 e. The minimum Gasteiger partial charge on any atom is -0.501 e. The molecule has 0 N–H and O–H groups in total. The van der Waals surface area contributed by atoms with Crippen LogP contribution in [0.25, 0.3) is 66.1 Å². The molecule has 49 heavy (non-hydrogen) atoms. The summed E-state index contributed by atoms with van der Waals surface area (Å²) in [4.78, 5) is 13.7. The summed E-state index contributed by atoms with van der Waals surface area (Å²) in [7, 11) is 0. The fourth-order valence-electron chi connectivity index (χ4n) is 5.91. The van der Waals surface area contributed by atoms with Crippen molar-refractivity contribution in [2.24, 2.45) is 0 Å². The van der Waals surface area contributed by atoms with Crippen molar-refractivity contribution < 1.29 is 28.9 Å². The Bertz CT molecular complexity index is 2440. The first kappa shape index (κ1) is 34.1. The standard InChI is InChI=1S/C28H21N2O.C15H15FN.Ir/c1-28(2,3)25-13-14-29-27(30-25)21-10-6-9-20-23-15-18-12-11-17-7-4-5-8-19(17)22(18)16-24(23)31-26(20)21;1-15(2,3)12-8-9-17-14(10-12)11-4-6-13(16)7-5-11;/h4-9,11-16H,1-3H3;4,6-10H,1-3H3;/q2*-1;. The topological polar surface area (TPSA) is 51.8 Å². The molecule has 0 spiro atoms. The van der Waals surface area contributed by atoms with Crippen LogP contribution in [0.2, 0.25) is 0 Å². The molecule has 6 heteroatoms. The molecule has 0 amide bonds. The Kier molecular flexibility index (Phi) is 9.23. The molecule has 0 saturated carbocycles. The van der Waals surface area contributed by atoms with Gasteiger partial charge < -0.3 is 9.40 Å². The van der Waals surface area contributed by atoms with Crippen molar-refractivity contribution in [3.05, 3.63) is 139 Å². The van der Waals surface area contributed by atoms with Gasteiger partial charge in [0.05, 0.1) is 11.4 Å². The predicted octanol–water partition coefficient (Wildman–Crippen LogP) is 11.4. The van der Waals surface area contributed by atoms with Crippen LogP contribution in [-0.4, -0.2) is 15.0 Å². The van der Waals surface area contributed by atoms with Crippen LogP contribution < -0.4 is 0 Å². The average molecular weight is 822 g/mol. The van der Waals surface area contributed by atoms with E-state index >= 15 is 0 Å². The maximum Gasteiger partial charge on any atom is 0.121 e. The number of rotatable bonds is 2. The van der Waals surface area contributed by atoms with Crippen molar-refractivity contribution in [2.45, 2.75) is 52.4 Å². The Morgan fingerprint density at radius 2 is 1.45 bits per heavy atom. The number of halogens is 1. The third kappa shape index (κ3) is 6.90. The first-order valence-corrected chi connectivity index (χ1v) is 16.1. The molecule has 0 aliphatic heterocycles. The van der Waals surface area contributed by atoms with Crippen molar-refractivity contribution in [3.63, 3.8) is 0 Å². The van der Waals surface area contributed by atoms with Gasteiger partial charge in [-0.15, -0.1) is 48.0 Å². The molecular formula is C43H36FIrN3O-2. The van der Waals surface area contributed by atoms with Gasteiger partial charge in [0.2, 0.25) is 0 Å². The quantitative estimate of drug-likeness (QED) is 0.129. The van der Waals surface area contributed by atoms with Crippen molar-refractivity contribution in [3.8, 4) is 22.6 Å². The van der Waals surface area contributed by atoms with Crippen LogP contribution in [0.1, 0.15) is 52.8 Å². The van der Waals surface area contributed by atoms with E-state index in [2.05, 4.69) is 118 Å². The van der Waals surface area contributed by atoms with Crippen LogP contribution in [0, 0.1) is 17.9 Å². The van der Waals surface area contributed by atoms with Gasteiger partial charge in [0.15, 0.2) is 0 Å². The van der Waals surface area contributed by atoms with E-state index in [0.717, 1.165) is 44.5 Å². The van der Waals surface area contributed by atoms with Crippen molar-refractivity contribution in [1.29, 1.82) is 0 Å². The zero-order valence-corrected chi connectivity index (χ0v) is 30.7. The number of hydrogen-bond acceptors (Lipinski definition) is 4. The molecule has 0 aliphatic rings. The summed E-state index contributed by atoms with van der Waals surface area (Å²) < 4.78 is 19.2. The number of hydrogen-bond donors (Lipinski definition) is 0. The molecule has 5 aromatic carbocycles. The van der Waals surface area contributed by atoms with Crippen molar-refractivity contribution >= 4 is 43.5 Å². The molecule has 3 heterocycles. The molecule has 0 bridgehead atoms. The molecule has 1 radical (unpaired) electrons. The van der Waals surface area contributed by atoms with Crippen LogP contribution in [-0.2, 0) is 30.9 Å². The third-order valence-electron chi connectivity index (χ3n) is 8.62. The minimum absolute atomic E-state index is 0. The van der Waals surface area contributed by atoms with Gasteiger partial charge in [0, 0.05) is 54.8 Å². The summed E-state index contributed by atoms with van der Waals surface area (Å²) in [6.07, 6.45) is 3.60. The molecule has 0 atom stereocenters. The maximum atomic E-state index is 12.8. The summed E-state index contributed by atoms with van der Waals surface area (Å²) in [6.45, 7) is 12.9. The number of benzene rings is 5. The number of fused-ring (bicyclic) bond motifs is 6. The second-order valence-electron chi connectivity index (χ2n) is 14.2. The van der Waals surface area contributed by atoms with E-state index < -0.39 is 0 Å². The van der Waals surface area contributed by atoms with Crippen LogP contribution in [0.3, 0.4) is 0 Å². The zero-order chi connectivity index (χ0) is 33.6. The second-order valence-corrected chi connectivity index (χ2v) is 14.2. The molecule has 3 aromatic heterocycles. The van der Waals surface area contributed by atoms with Gasteiger partial charge in [0.25, 0.3) is 0 Å². The van der Waals surface area contributed by atoms with Crippen LogP contribution >= 0.6 is 0 Å². The van der Waals surface area contributed by atoms with Gasteiger partial charge in [-0.25, -0.2) is 0 Å². The molecule has 247 valence electrons. The van der Waals surface area contributed by atoms with E-state index in [-0.39, 0.29) is 36.8 Å². The summed E-state index contributed by atoms with van der Waals surface area (Å²) in [5.74, 6) is 0.368. The average Bonchev–Trinajstić information content (AvgIpc) is 3.45. The van der Waals surface area contributed by atoms with Gasteiger partial charge >= 0.3 is 0 Å². The summed E-state index contributed by atoms with van der Waals surface area (Å²) in [5.41, 5.74) is 6.32. The fraction of sp³-hybridized carbons (Fsp3) is 0.186. The molecule has 8 rings (SSSR count). The number of aromatic nitrogens is 3. The Morgan fingerprint density at radius 3 is 2.20 bits per heavy atom. The molecule has 8 aromatic rings. The first-order valence-electron chi connectivity index (χ1n) is 16.1. The normalized spacial score (nSPS) is 11.8. The van der Waals surface area contributed by atoms with E-state index in [1.54, 1.807) is 12.3 Å². The van der Waals surface area contributed by atoms with Crippen LogP contribution in [0.15, 0.2) is 114 Å². The Labute approximate surface area is 299 Å².